The summed E-state index contributed by atoms with van der Waals surface area (Å²) < 4.78 is 0. The molecule has 0 bridgehead atoms. The number of aromatic nitrogens is 1. The molecule has 1 unspecified atom stereocenters. The minimum atomic E-state index is 0.403. The third-order valence-electron chi connectivity index (χ3n) is 3.89. The average molecular weight is 247 g/mol. The fraction of sp³-hybridized carbons (Fsp3) is 0.667. The second-order valence-corrected chi connectivity index (χ2v) is 5.40. The highest BCUT2D eigenvalue weighted by Gasteiger charge is 2.17. The van der Waals surface area contributed by atoms with Crippen LogP contribution in [0.15, 0.2) is 18.3 Å². The Morgan fingerprint density at radius 2 is 2.17 bits per heavy atom. The lowest BCUT2D eigenvalue weighted by molar-refractivity contribution is 0.436. The van der Waals surface area contributed by atoms with E-state index in [-0.39, 0.29) is 0 Å². The molecule has 1 aromatic rings. The number of nitrogens with one attached hydrogen (secondary N) is 1. The van der Waals surface area contributed by atoms with E-state index in [4.69, 9.17) is 0 Å². The van der Waals surface area contributed by atoms with Crippen molar-refractivity contribution in [3.05, 3.63) is 23.9 Å². The summed E-state index contributed by atoms with van der Waals surface area (Å²) >= 11 is 0. The molecule has 1 aromatic heterocycles. The molecule has 1 aliphatic heterocycles. The van der Waals surface area contributed by atoms with E-state index in [9.17, 15) is 0 Å². The zero-order chi connectivity index (χ0) is 13.0. The number of nitrogens with zero attached hydrogens (tertiary/aromatic N) is 2. The fourth-order valence-corrected chi connectivity index (χ4v) is 2.54. The molecule has 2 heterocycles. The van der Waals surface area contributed by atoms with Crippen LogP contribution in [-0.4, -0.2) is 24.6 Å². The van der Waals surface area contributed by atoms with E-state index in [1.807, 2.05) is 6.20 Å². The van der Waals surface area contributed by atoms with Crippen molar-refractivity contribution < 1.29 is 0 Å². The standard InChI is InChI=1S/C15H25N3/c1-4-16-13(3)14-5-8-17-15(11-14)18-9-6-12(2)7-10-18/h5,8,11-13,16H,4,6-7,9-10H2,1-3H3. The van der Waals surface area contributed by atoms with Gasteiger partial charge < -0.3 is 10.2 Å². The Kier molecular flexibility index (Phi) is 4.59. The molecule has 0 saturated carbocycles. The molecule has 100 valence electrons. The number of rotatable bonds is 4. The van der Waals surface area contributed by atoms with Gasteiger partial charge in [0, 0.05) is 25.3 Å². The summed E-state index contributed by atoms with van der Waals surface area (Å²) in [5, 5.41) is 3.45. The Labute approximate surface area is 111 Å². The van der Waals surface area contributed by atoms with E-state index in [0.29, 0.717) is 6.04 Å². The van der Waals surface area contributed by atoms with E-state index in [2.05, 4.69) is 48.1 Å². The Bertz CT molecular complexity index is 370. The van der Waals surface area contributed by atoms with Crippen LogP contribution in [0.25, 0.3) is 0 Å². The summed E-state index contributed by atoms with van der Waals surface area (Å²) in [5.74, 6) is 2.01. The molecule has 3 heteroatoms. The van der Waals surface area contributed by atoms with E-state index < -0.39 is 0 Å². The maximum absolute atomic E-state index is 4.53. The first-order valence-corrected chi connectivity index (χ1v) is 7.15. The summed E-state index contributed by atoms with van der Waals surface area (Å²) in [4.78, 5) is 6.95. The minimum Gasteiger partial charge on any atom is -0.357 e. The molecule has 1 atom stereocenters. The normalized spacial score (nSPS) is 18.9. The molecule has 1 saturated heterocycles. The minimum absolute atomic E-state index is 0.403. The molecule has 3 nitrogen and oxygen atoms in total. The Morgan fingerprint density at radius 1 is 1.44 bits per heavy atom. The summed E-state index contributed by atoms with van der Waals surface area (Å²) in [6.07, 6.45) is 4.51. The SMILES string of the molecule is CCNC(C)c1ccnc(N2CCC(C)CC2)c1. The summed E-state index contributed by atoms with van der Waals surface area (Å²) in [7, 11) is 0. The predicted octanol–water partition coefficient (Wildman–Crippen LogP) is 2.99. The van der Waals surface area contributed by atoms with Crippen molar-refractivity contribution in [1.29, 1.82) is 0 Å². The highest BCUT2D eigenvalue weighted by Crippen LogP contribution is 2.23. The molecule has 0 aromatic carbocycles. The quantitative estimate of drug-likeness (QED) is 0.886. The van der Waals surface area contributed by atoms with Crippen LogP contribution in [0.1, 0.15) is 45.2 Å². The third kappa shape index (κ3) is 3.22. The van der Waals surface area contributed by atoms with Crippen LogP contribution in [0.3, 0.4) is 0 Å². The maximum Gasteiger partial charge on any atom is 0.128 e. The highest BCUT2D eigenvalue weighted by atomic mass is 15.2. The maximum atomic E-state index is 4.53. The Balaban J connectivity index is 2.07. The van der Waals surface area contributed by atoms with Crippen LogP contribution in [0, 0.1) is 5.92 Å². The summed E-state index contributed by atoms with van der Waals surface area (Å²) in [5.41, 5.74) is 1.33. The van der Waals surface area contributed by atoms with Gasteiger partial charge in [-0.05, 0) is 49.9 Å². The second-order valence-electron chi connectivity index (χ2n) is 5.40. The van der Waals surface area contributed by atoms with Gasteiger partial charge in [0.2, 0.25) is 0 Å². The van der Waals surface area contributed by atoms with Crippen LogP contribution in [0.5, 0.6) is 0 Å². The van der Waals surface area contributed by atoms with Gasteiger partial charge in [-0.15, -0.1) is 0 Å². The number of anilines is 1. The lowest BCUT2D eigenvalue weighted by atomic mass is 9.99. The average Bonchev–Trinajstić information content (AvgIpc) is 2.40. The van der Waals surface area contributed by atoms with Gasteiger partial charge in [-0.25, -0.2) is 4.98 Å². The van der Waals surface area contributed by atoms with E-state index in [1.165, 1.54) is 18.4 Å². The monoisotopic (exact) mass is 247 g/mol. The molecular formula is C15H25N3. The van der Waals surface area contributed by atoms with Gasteiger partial charge in [0.05, 0.1) is 0 Å². The van der Waals surface area contributed by atoms with Gasteiger partial charge in [0.25, 0.3) is 0 Å². The van der Waals surface area contributed by atoms with Crippen molar-refractivity contribution in [1.82, 2.24) is 10.3 Å². The van der Waals surface area contributed by atoms with Crippen LogP contribution in [0.4, 0.5) is 5.82 Å². The smallest absolute Gasteiger partial charge is 0.128 e. The van der Waals surface area contributed by atoms with E-state index in [0.717, 1.165) is 31.4 Å². The van der Waals surface area contributed by atoms with Gasteiger partial charge in [-0.2, -0.15) is 0 Å². The summed E-state index contributed by atoms with van der Waals surface area (Å²) in [6.45, 7) is 9.99. The highest BCUT2D eigenvalue weighted by molar-refractivity contribution is 5.42. The molecule has 1 fully saturated rings. The molecule has 0 aliphatic carbocycles. The van der Waals surface area contributed by atoms with Crippen molar-refractivity contribution in [3.63, 3.8) is 0 Å². The van der Waals surface area contributed by atoms with Gasteiger partial charge in [-0.1, -0.05) is 13.8 Å². The number of pyridine rings is 1. The third-order valence-corrected chi connectivity index (χ3v) is 3.89. The lowest BCUT2D eigenvalue weighted by Crippen LogP contribution is -2.33. The number of hydrogen-bond acceptors (Lipinski definition) is 3. The van der Waals surface area contributed by atoms with Crippen LogP contribution in [0.2, 0.25) is 0 Å². The second kappa shape index (κ2) is 6.19. The van der Waals surface area contributed by atoms with Crippen molar-refractivity contribution in [3.8, 4) is 0 Å². The zero-order valence-corrected chi connectivity index (χ0v) is 11.8. The summed E-state index contributed by atoms with van der Waals surface area (Å²) in [6, 6.07) is 4.76. The molecule has 0 spiro atoms. The van der Waals surface area contributed by atoms with E-state index >= 15 is 0 Å². The van der Waals surface area contributed by atoms with Crippen LogP contribution < -0.4 is 10.2 Å². The first-order valence-electron chi connectivity index (χ1n) is 7.15. The molecule has 0 radical (unpaired) electrons. The first-order chi connectivity index (χ1) is 8.70. The van der Waals surface area contributed by atoms with Crippen molar-refractivity contribution >= 4 is 5.82 Å². The zero-order valence-electron chi connectivity index (χ0n) is 11.8. The lowest BCUT2D eigenvalue weighted by Gasteiger charge is -2.31. The topological polar surface area (TPSA) is 28.2 Å². The predicted molar refractivity (Wildman–Crippen MR) is 76.9 cm³/mol. The molecule has 1 aliphatic rings. The van der Waals surface area contributed by atoms with Crippen molar-refractivity contribution in [2.75, 3.05) is 24.5 Å². The number of piperidine rings is 1. The largest absolute Gasteiger partial charge is 0.357 e. The Hall–Kier alpha value is -1.09. The van der Waals surface area contributed by atoms with Gasteiger partial charge in [0.15, 0.2) is 0 Å². The van der Waals surface area contributed by atoms with Crippen molar-refractivity contribution in [2.24, 2.45) is 5.92 Å². The molecule has 0 amide bonds. The molecule has 18 heavy (non-hydrogen) atoms. The fourth-order valence-electron chi connectivity index (χ4n) is 2.54. The van der Waals surface area contributed by atoms with Crippen LogP contribution in [-0.2, 0) is 0 Å². The molecule has 2 rings (SSSR count). The Morgan fingerprint density at radius 3 is 2.83 bits per heavy atom. The number of hydrogen-bond donors (Lipinski definition) is 1. The first kappa shape index (κ1) is 13.3. The molecular weight excluding hydrogens is 222 g/mol. The van der Waals surface area contributed by atoms with E-state index in [1.54, 1.807) is 0 Å². The molecule has 1 N–H and O–H groups in total. The van der Waals surface area contributed by atoms with Gasteiger partial charge in [0.1, 0.15) is 5.82 Å². The van der Waals surface area contributed by atoms with Crippen LogP contribution >= 0.6 is 0 Å². The van der Waals surface area contributed by atoms with Gasteiger partial charge in [-0.3, -0.25) is 0 Å². The van der Waals surface area contributed by atoms with Crippen molar-refractivity contribution in [2.45, 2.75) is 39.7 Å². The van der Waals surface area contributed by atoms with Gasteiger partial charge >= 0.3 is 0 Å².